The van der Waals surface area contributed by atoms with E-state index in [1.165, 1.54) is 0 Å². The summed E-state index contributed by atoms with van der Waals surface area (Å²) in [4.78, 5) is 33.8. The lowest BCUT2D eigenvalue weighted by atomic mass is 9.99. The second-order valence-electron chi connectivity index (χ2n) is 7.30. The molecule has 7 heteroatoms. The van der Waals surface area contributed by atoms with E-state index in [2.05, 4.69) is 16.9 Å². The SMILES string of the molecule is CCCCC(CN(O)C=O)C(=O)N1CCCC1c1ncc(-c2ccccc2)[nH]1. The Labute approximate surface area is 165 Å². The van der Waals surface area contributed by atoms with Gasteiger partial charge in [0.1, 0.15) is 5.82 Å². The molecule has 2 unspecified atom stereocenters. The number of hydrogen-bond donors (Lipinski definition) is 2. The van der Waals surface area contributed by atoms with E-state index in [1.807, 2.05) is 41.4 Å². The van der Waals surface area contributed by atoms with Crippen LogP contribution in [0.2, 0.25) is 0 Å². The molecule has 7 nitrogen and oxygen atoms in total. The number of rotatable bonds is 9. The van der Waals surface area contributed by atoms with Gasteiger partial charge in [0.25, 0.3) is 0 Å². The van der Waals surface area contributed by atoms with Crippen LogP contribution in [0.3, 0.4) is 0 Å². The molecule has 2 aromatic rings. The Balaban J connectivity index is 1.76. The van der Waals surface area contributed by atoms with E-state index in [0.29, 0.717) is 24.4 Å². The molecule has 1 aromatic heterocycles. The lowest BCUT2D eigenvalue weighted by molar-refractivity contribution is -0.157. The summed E-state index contributed by atoms with van der Waals surface area (Å²) in [7, 11) is 0. The first-order valence-electron chi connectivity index (χ1n) is 9.95. The average molecular weight is 384 g/mol. The summed E-state index contributed by atoms with van der Waals surface area (Å²) in [5.41, 5.74) is 1.99. The van der Waals surface area contributed by atoms with Crippen LogP contribution < -0.4 is 0 Å². The van der Waals surface area contributed by atoms with E-state index < -0.39 is 5.92 Å². The van der Waals surface area contributed by atoms with Crippen molar-refractivity contribution in [3.63, 3.8) is 0 Å². The fraction of sp³-hybridized carbons (Fsp3) is 0.476. The molecule has 2 N–H and O–H groups in total. The van der Waals surface area contributed by atoms with E-state index in [0.717, 1.165) is 42.8 Å². The number of hydrogen-bond acceptors (Lipinski definition) is 4. The molecule has 2 amide bonds. The number of aromatic nitrogens is 2. The van der Waals surface area contributed by atoms with Crippen LogP contribution in [-0.2, 0) is 9.59 Å². The number of nitrogens with zero attached hydrogens (tertiary/aromatic N) is 3. The zero-order valence-corrected chi connectivity index (χ0v) is 16.3. The Morgan fingerprint density at radius 1 is 1.43 bits per heavy atom. The molecule has 1 saturated heterocycles. The lowest BCUT2D eigenvalue weighted by Crippen LogP contribution is -2.40. The van der Waals surface area contributed by atoms with Gasteiger partial charge in [0.2, 0.25) is 12.3 Å². The van der Waals surface area contributed by atoms with E-state index in [-0.39, 0.29) is 18.5 Å². The average Bonchev–Trinajstić information content (AvgIpc) is 3.40. The van der Waals surface area contributed by atoms with Crippen LogP contribution in [-0.4, -0.2) is 50.5 Å². The highest BCUT2D eigenvalue weighted by atomic mass is 16.5. The fourth-order valence-corrected chi connectivity index (χ4v) is 3.83. The van der Waals surface area contributed by atoms with Crippen molar-refractivity contribution in [3.05, 3.63) is 42.4 Å². The highest BCUT2D eigenvalue weighted by Crippen LogP contribution is 2.33. The predicted octanol–water partition coefficient (Wildman–Crippen LogP) is 3.39. The minimum absolute atomic E-state index is 0.0190. The Hall–Kier alpha value is -2.67. The molecule has 1 aromatic carbocycles. The number of carbonyl (C=O) groups is 2. The first kappa shape index (κ1) is 20.1. The van der Waals surface area contributed by atoms with E-state index in [4.69, 9.17) is 0 Å². The summed E-state index contributed by atoms with van der Waals surface area (Å²) in [6, 6.07) is 9.87. The smallest absolute Gasteiger partial charge is 0.233 e. The molecule has 150 valence electrons. The molecule has 2 heterocycles. The monoisotopic (exact) mass is 384 g/mol. The van der Waals surface area contributed by atoms with Crippen molar-refractivity contribution in [2.45, 2.75) is 45.1 Å². The number of unbranched alkanes of at least 4 members (excludes halogenated alkanes) is 1. The van der Waals surface area contributed by atoms with Crippen molar-refractivity contribution in [1.82, 2.24) is 19.9 Å². The second-order valence-corrected chi connectivity index (χ2v) is 7.30. The molecule has 28 heavy (non-hydrogen) atoms. The van der Waals surface area contributed by atoms with Crippen LogP contribution in [0.15, 0.2) is 36.5 Å². The van der Waals surface area contributed by atoms with Crippen molar-refractivity contribution >= 4 is 12.3 Å². The number of nitrogens with one attached hydrogen (secondary N) is 1. The zero-order chi connectivity index (χ0) is 19.9. The van der Waals surface area contributed by atoms with E-state index >= 15 is 0 Å². The van der Waals surface area contributed by atoms with E-state index in [1.54, 1.807) is 0 Å². The number of imidazole rings is 1. The van der Waals surface area contributed by atoms with Crippen LogP contribution >= 0.6 is 0 Å². The van der Waals surface area contributed by atoms with Gasteiger partial charge in [-0.05, 0) is 24.8 Å². The Morgan fingerprint density at radius 3 is 2.93 bits per heavy atom. The van der Waals surface area contributed by atoms with Crippen molar-refractivity contribution in [3.8, 4) is 11.3 Å². The van der Waals surface area contributed by atoms with Gasteiger partial charge in [-0.25, -0.2) is 10.0 Å². The number of amides is 2. The second kappa shape index (κ2) is 9.50. The van der Waals surface area contributed by atoms with Crippen molar-refractivity contribution in [2.24, 2.45) is 5.92 Å². The molecule has 0 bridgehead atoms. The molecule has 1 aliphatic rings. The standard InChI is InChI=1S/C21H28N4O3/c1-2-3-8-17(14-24(28)15-26)21(27)25-12-7-11-19(25)20-22-13-18(23-20)16-9-5-4-6-10-16/h4-6,9-10,13,15,17,19,28H,2-3,7-8,11-12,14H2,1H3,(H,22,23). The first-order chi connectivity index (χ1) is 13.6. The predicted molar refractivity (Wildman–Crippen MR) is 105 cm³/mol. The number of likely N-dealkylation sites (tertiary alicyclic amines) is 1. The Morgan fingerprint density at radius 2 is 2.21 bits per heavy atom. The van der Waals surface area contributed by atoms with Crippen molar-refractivity contribution in [2.75, 3.05) is 13.1 Å². The van der Waals surface area contributed by atoms with Crippen LogP contribution in [0.4, 0.5) is 0 Å². The van der Waals surface area contributed by atoms with Gasteiger partial charge in [-0.1, -0.05) is 50.1 Å². The fourth-order valence-electron chi connectivity index (χ4n) is 3.83. The third-order valence-electron chi connectivity index (χ3n) is 5.32. The maximum atomic E-state index is 13.2. The van der Waals surface area contributed by atoms with Gasteiger partial charge in [-0.3, -0.25) is 14.8 Å². The highest BCUT2D eigenvalue weighted by molar-refractivity contribution is 5.80. The van der Waals surface area contributed by atoms with Gasteiger partial charge in [0.05, 0.1) is 30.4 Å². The highest BCUT2D eigenvalue weighted by Gasteiger charge is 2.35. The number of H-pyrrole nitrogens is 1. The lowest BCUT2D eigenvalue weighted by Gasteiger charge is -2.29. The first-order valence-corrected chi connectivity index (χ1v) is 9.95. The summed E-state index contributed by atoms with van der Waals surface area (Å²) in [5.74, 6) is 0.365. The minimum atomic E-state index is -0.403. The summed E-state index contributed by atoms with van der Waals surface area (Å²) >= 11 is 0. The summed E-state index contributed by atoms with van der Waals surface area (Å²) in [6.07, 6.45) is 6.41. The Bertz CT molecular complexity index is 777. The molecular formula is C21H28N4O3. The van der Waals surface area contributed by atoms with Crippen LogP contribution in [0.25, 0.3) is 11.3 Å². The van der Waals surface area contributed by atoms with Crippen molar-refractivity contribution in [1.29, 1.82) is 0 Å². The minimum Gasteiger partial charge on any atom is -0.340 e. The van der Waals surface area contributed by atoms with E-state index in [9.17, 15) is 14.8 Å². The molecule has 0 spiro atoms. The van der Waals surface area contributed by atoms with Crippen LogP contribution in [0.1, 0.15) is 50.9 Å². The van der Waals surface area contributed by atoms with Crippen LogP contribution in [0, 0.1) is 5.92 Å². The number of hydroxylamine groups is 2. The van der Waals surface area contributed by atoms with Gasteiger partial charge >= 0.3 is 0 Å². The molecule has 1 fully saturated rings. The Kier molecular flexibility index (Phi) is 6.81. The zero-order valence-electron chi connectivity index (χ0n) is 16.3. The third-order valence-corrected chi connectivity index (χ3v) is 5.32. The maximum Gasteiger partial charge on any atom is 0.233 e. The van der Waals surface area contributed by atoms with Gasteiger partial charge in [-0.15, -0.1) is 0 Å². The summed E-state index contributed by atoms with van der Waals surface area (Å²) < 4.78 is 0. The third kappa shape index (κ3) is 4.59. The van der Waals surface area contributed by atoms with Crippen molar-refractivity contribution < 1.29 is 14.8 Å². The molecule has 0 saturated carbocycles. The maximum absolute atomic E-state index is 13.2. The topological polar surface area (TPSA) is 89.5 Å². The quantitative estimate of drug-likeness (QED) is 0.394. The number of carbonyl (C=O) groups excluding carboxylic acids is 2. The molecule has 0 aliphatic carbocycles. The molecule has 2 atom stereocenters. The van der Waals surface area contributed by atoms with Gasteiger partial charge in [0, 0.05) is 6.54 Å². The molecular weight excluding hydrogens is 356 g/mol. The largest absolute Gasteiger partial charge is 0.340 e. The van der Waals surface area contributed by atoms with Gasteiger partial charge in [0.15, 0.2) is 0 Å². The number of aromatic amines is 1. The summed E-state index contributed by atoms with van der Waals surface area (Å²) in [6.45, 7) is 2.75. The summed E-state index contributed by atoms with van der Waals surface area (Å²) in [5, 5.41) is 10.2. The molecule has 3 rings (SSSR count). The van der Waals surface area contributed by atoms with Gasteiger partial charge < -0.3 is 9.88 Å². The normalized spacial score (nSPS) is 17.5. The molecule has 0 radical (unpaired) electrons. The van der Waals surface area contributed by atoms with Crippen LogP contribution in [0.5, 0.6) is 0 Å². The van der Waals surface area contributed by atoms with Gasteiger partial charge in [-0.2, -0.15) is 0 Å². The number of benzene rings is 1. The molecule has 1 aliphatic heterocycles.